The van der Waals surface area contributed by atoms with E-state index in [4.69, 9.17) is 4.42 Å². The summed E-state index contributed by atoms with van der Waals surface area (Å²) >= 11 is 0. The third-order valence-corrected chi connectivity index (χ3v) is 5.75. The number of para-hydroxylation sites is 3. The first-order valence-corrected chi connectivity index (χ1v) is 10.2. The van der Waals surface area contributed by atoms with Crippen LogP contribution in [0.15, 0.2) is 95.4 Å². The highest BCUT2D eigenvalue weighted by Crippen LogP contribution is 2.33. The van der Waals surface area contributed by atoms with Gasteiger partial charge in [-0.15, -0.1) is 0 Å². The van der Waals surface area contributed by atoms with Crippen LogP contribution in [0.5, 0.6) is 0 Å². The van der Waals surface area contributed by atoms with Gasteiger partial charge in [-0.05, 0) is 53.6 Å². The first kappa shape index (κ1) is 17.7. The van der Waals surface area contributed by atoms with Crippen LogP contribution in [0.4, 0.5) is 0 Å². The van der Waals surface area contributed by atoms with Crippen molar-refractivity contribution in [1.29, 1.82) is 0 Å². The topological polar surface area (TPSA) is 48.0 Å². The number of carbonyl (C=O) groups excluding carboxylic acids is 1. The summed E-state index contributed by atoms with van der Waals surface area (Å²) in [6.07, 6.45) is 0. The van der Waals surface area contributed by atoms with Crippen molar-refractivity contribution >= 4 is 38.8 Å². The molecule has 0 aliphatic rings. The number of carbonyl (C=O) groups is 1. The first-order valence-electron chi connectivity index (χ1n) is 10.2. The molecule has 0 N–H and O–H groups in total. The number of nitrogens with zero attached hydrogens (tertiary/aromatic N) is 2. The molecule has 0 radical (unpaired) electrons. The molecule has 2 heterocycles. The molecule has 2 aromatic heterocycles. The minimum atomic E-state index is 0.0154. The molecule has 0 saturated carbocycles. The van der Waals surface area contributed by atoms with E-state index in [0.717, 1.165) is 49.6 Å². The molecular formula is C27H18N2O2. The minimum absolute atomic E-state index is 0.0154. The molecule has 0 saturated heterocycles. The second kappa shape index (κ2) is 6.67. The summed E-state index contributed by atoms with van der Waals surface area (Å²) in [6.45, 7) is 1.60. The number of rotatable bonds is 2. The van der Waals surface area contributed by atoms with Crippen molar-refractivity contribution in [2.24, 2.45) is 0 Å². The Bertz CT molecular complexity index is 1570. The Labute approximate surface area is 178 Å². The van der Waals surface area contributed by atoms with Crippen LogP contribution >= 0.6 is 0 Å². The molecule has 4 nitrogen and oxygen atoms in total. The predicted molar refractivity (Wildman–Crippen MR) is 124 cm³/mol. The molecule has 0 aliphatic carbocycles. The molecule has 148 valence electrons. The van der Waals surface area contributed by atoms with Crippen molar-refractivity contribution in [3.63, 3.8) is 0 Å². The van der Waals surface area contributed by atoms with Gasteiger partial charge in [0, 0.05) is 23.3 Å². The molecule has 0 unspecified atom stereocenters. The Morgan fingerprint density at radius 2 is 1.42 bits per heavy atom. The monoisotopic (exact) mass is 402 g/mol. The van der Waals surface area contributed by atoms with Crippen molar-refractivity contribution in [3.05, 3.63) is 91.0 Å². The smallest absolute Gasteiger partial charge is 0.228 e. The molecule has 6 aromatic rings. The van der Waals surface area contributed by atoms with Gasteiger partial charge in [0.15, 0.2) is 5.58 Å². The summed E-state index contributed by atoms with van der Waals surface area (Å²) in [5.74, 6) is 0.634. The maximum Gasteiger partial charge on any atom is 0.228 e. The largest absolute Gasteiger partial charge is 0.436 e. The lowest BCUT2D eigenvalue weighted by Gasteiger charge is -2.05. The van der Waals surface area contributed by atoms with E-state index in [-0.39, 0.29) is 5.91 Å². The van der Waals surface area contributed by atoms with Crippen LogP contribution in [0.3, 0.4) is 0 Å². The fraction of sp³-hybridized carbons (Fsp3) is 0.0370. The van der Waals surface area contributed by atoms with E-state index in [9.17, 15) is 4.79 Å². The molecule has 0 amide bonds. The molecule has 4 aromatic carbocycles. The van der Waals surface area contributed by atoms with Crippen molar-refractivity contribution in [2.75, 3.05) is 0 Å². The number of hydrogen-bond acceptors (Lipinski definition) is 3. The summed E-state index contributed by atoms with van der Waals surface area (Å²) < 4.78 is 7.67. The Morgan fingerprint density at radius 1 is 0.742 bits per heavy atom. The van der Waals surface area contributed by atoms with E-state index in [1.165, 1.54) is 0 Å². The van der Waals surface area contributed by atoms with E-state index >= 15 is 0 Å². The normalized spacial score (nSPS) is 11.5. The lowest BCUT2D eigenvalue weighted by Crippen LogP contribution is -2.04. The maximum absolute atomic E-state index is 12.3. The van der Waals surface area contributed by atoms with Gasteiger partial charge in [-0.3, -0.25) is 9.36 Å². The fourth-order valence-corrected chi connectivity index (χ4v) is 4.29. The quantitative estimate of drug-likeness (QED) is 0.315. The summed E-state index contributed by atoms with van der Waals surface area (Å²) in [6, 6.07) is 30.3. The second-order valence-corrected chi connectivity index (χ2v) is 7.67. The van der Waals surface area contributed by atoms with Gasteiger partial charge in [0.2, 0.25) is 11.8 Å². The molecular weight excluding hydrogens is 384 g/mol. The first-order chi connectivity index (χ1) is 15.2. The minimum Gasteiger partial charge on any atom is -0.436 e. The van der Waals surface area contributed by atoms with Gasteiger partial charge in [-0.2, -0.15) is 0 Å². The molecule has 0 bridgehead atoms. The van der Waals surface area contributed by atoms with Crippen LogP contribution in [-0.2, 0) is 0 Å². The highest BCUT2D eigenvalue weighted by molar-refractivity contribution is 6.14. The Hall–Kier alpha value is -4.18. The van der Waals surface area contributed by atoms with Gasteiger partial charge in [-0.1, -0.05) is 48.5 Å². The van der Waals surface area contributed by atoms with Gasteiger partial charge in [0.05, 0.1) is 11.0 Å². The van der Waals surface area contributed by atoms with Gasteiger partial charge >= 0.3 is 0 Å². The summed E-state index contributed by atoms with van der Waals surface area (Å²) in [5.41, 5.74) is 6.65. The van der Waals surface area contributed by atoms with E-state index < -0.39 is 0 Å². The SMILES string of the molecule is CC(=O)n1c2ccccc2c2cc(-c3ccc(-c4nc5ccccc5o4)cc3)ccc21. The number of oxazole rings is 1. The molecule has 0 atom stereocenters. The highest BCUT2D eigenvalue weighted by atomic mass is 16.3. The van der Waals surface area contributed by atoms with Crippen LogP contribution in [0.1, 0.15) is 11.7 Å². The summed E-state index contributed by atoms with van der Waals surface area (Å²) in [5, 5.41) is 2.16. The average molecular weight is 402 g/mol. The zero-order valence-corrected chi connectivity index (χ0v) is 16.9. The number of benzene rings is 4. The fourth-order valence-electron chi connectivity index (χ4n) is 4.29. The highest BCUT2D eigenvalue weighted by Gasteiger charge is 2.14. The van der Waals surface area contributed by atoms with Crippen molar-refractivity contribution in [1.82, 2.24) is 9.55 Å². The molecule has 0 aliphatic heterocycles. The predicted octanol–water partition coefficient (Wildman–Crippen LogP) is 6.93. The average Bonchev–Trinajstić information content (AvgIpc) is 3.38. The summed E-state index contributed by atoms with van der Waals surface area (Å²) in [7, 11) is 0. The van der Waals surface area contributed by atoms with E-state index in [0.29, 0.717) is 5.89 Å². The Balaban J connectivity index is 1.45. The van der Waals surface area contributed by atoms with Crippen molar-refractivity contribution < 1.29 is 9.21 Å². The van der Waals surface area contributed by atoms with Gasteiger partial charge in [0.25, 0.3) is 0 Å². The molecule has 0 spiro atoms. The van der Waals surface area contributed by atoms with Crippen LogP contribution in [-0.4, -0.2) is 15.5 Å². The van der Waals surface area contributed by atoms with Crippen LogP contribution in [0.25, 0.3) is 55.5 Å². The molecule has 0 fully saturated rings. The lowest BCUT2D eigenvalue weighted by atomic mass is 10.0. The standard InChI is InChI=1S/C27H18N2O2/c1-17(30)29-24-8-4-2-6-21(24)22-16-20(14-15-25(22)29)18-10-12-19(13-11-18)27-28-23-7-3-5-9-26(23)31-27/h2-16H,1H3. The Kier molecular flexibility index (Phi) is 3.80. The number of fused-ring (bicyclic) bond motifs is 4. The van der Waals surface area contributed by atoms with Gasteiger partial charge in [0.1, 0.15) is 5.52 Å². The molecule has 31 heavy (non-hydrogen) atoms. The van der Waals surface area contributed by atoms with E-state index in [1.54, 1.807) is 11.5 Å². The van der Waals surface area contributed by atoms with Crippen molar-refractivity contribution in [2.45, 2.75) is 6.92 Å². The zero-order chi connectivity index (χ0) is 20.9. The second-order valence-electron chi connectivity index (χ2n) is 7.67. The van der Waals surface area contributed by atoms with Gasteiger partial charge < -0.3 is 4.42 Å². The van der Waals surface area contributed by atoms with Crippen LogP contribution < -0.4 is 0 Å². The molecule has 4 heteroatoms. The zero-order valence-electron chi connectivity index (χ0n) is 16.9. The molecule has 6 rings (SSSR count). The Morgan fingerprint density at radius 3 is 2.23 bits per heavy atom. The van der Waals surface area contributed by atoms with Gasteiger partial charge in [-0.25, -0.2) is 4.98 Å². The van der Waals surface area contributed by atoms with E-state index in [2.05, 4.69) is 35.3 Å². The summed E-state index contributed by atoms with van der Waals surface area (Å²) in [4.78, 5) is 16.9. The lowest BCUT2D eigenvalue weighted by molar-refractivity contribution is 0.0946. The van der Waals surface area contributed by atoms with Crippen LogP contribution in [0, 0.1) is 0 Å². The third kappa shape index (κ3) is 2.76. The number of hydrogen-bond donors (Lipinski definition) is 0. The number of aromatic nitrogens is 2. The van der Waals surface area contributed by atoms with Crippen LogP contribution in [0.2, 0.25) is 0 Å². The third-order valence-electron chi connectivity index (χ3n) is 5.75. The van der Waals surface area contributed by atoms with E-state index in [1.807, 2.05) is 60.7 Å². The maximum atomic E-state index is 12.3. The van der Waals surface area contributed by atoms with Crippen molar-refractivity contribution in [3.8, 4) is 22.6 Å².